The third kappa shape index (κ3) is 6.32. The van der Waals surface area contributed by atoms with Gasteiger partial charge in [-0.1, -0.05) is 0 Å². The second-order valence-electron chi connectivity index (χ2n) is 22.2. The van der Waals surface area contributed by atoms with Gasteiger partial charge in [0, 0.05) is 59.0 Å². The number of rotatable bonds is 6. The number of carbonyl (C=O) groups is 3. The third-order valence-electron chi connectivity index (χ3n) is 14.2. The lowest BCUT2D eigenvalue weighted by Crippen LogP contribution is -2.36. The molecule has 0 unspecified atom stereocenters. The summed E-state index contributed by atoms with van der Waals surface area (Å²) in [6.45, 7) is 11.8. The standard InChI is InChI=1S/C46H54N3O21S6/c1-41(2)65-26-23(38(50)47(13)14)27-33(72(55,56)42(3,4)66-27)20(32(26)71(41,53)54)19(21-34-28(67-43(5,6)73(34,57)58)24(39(51)48(15)16)29-35(21)74(59,60)44(7,8)68-29)22-36-30(69-45(9,10)75(36,61)62)25(40(52)49(17)18)31-37(22)76(63,64)46(11,12)70-31/h1-18H3. The lowest BCUT2D eigenvalue weighted by atomic mass is 9.82. The number of sulfone groups is 6. The maximum Gasteiger partial charge on any atom is 0.261 e. The van der Waals surface area contributed by atoms with Crippen LogP contribution < -0.4 is 28.4 Å². The summed E-state index contributed by atoms with van der Waals surface area (Å²) in [5, 5.41) is 0. The summed E-state index contributed by atoms with van der Waals surface area (Å²) in [5.74, 6) is -10.8. The van der Waals surface area contributed by atoms with Crippen molar-refractivity contribution in [1.29, 1.82) is 0 Å². The Labute approximate surface area is 440 Å². The van der Waals surface area contributed by atoms with E-state index in [9.17, 15) is 14.4 Å². The van der Waals surface area contributed by atoms with Crippen molar-refractivity contribution in [2.45, 2.75) is 142 Å². The molecule has 0 N–H and O–H groups in total. The highest BCUT2D eigenvalue weighted by atomic mass is 32.2. The molecule has 0 spiro atoms. The zero-order valence-electron chi connectivity index (χ0n) is 44.4. The predicted molar refractivity (Wildman–Crippen MR) is 265 cm³/mol. The van der Waals surface area contributed by atoms with Crippen molar-refractivity contribution in [2.24, 2.45) is 0 Å². The second kappa shape index (κ2) is 15.0. The zero-order valence-corrected chi connectivity index (χ0v) is 49.3. The summed E-state index contributed by atoms with van der Waals surface area (Å²) in [6.07, 6.45) is 0. The van der Waals surface area contributed by atoms with Crippen LogP contribution in [0.4, 0.5) is 0 Å². The van der Waals surface area contributed by atoms with Gasteiger partial charge in [-0.05, 0) is 83.1 Å². The maximum absolute atomic E-state index is 15.7. The summed E-state index contributed by atoms with van der Waals surface area (Å²) in [4.78, 5) is 23.1. The van der Waals surface area contributed by atoms with Gasteiger partial charge in [0.15, 0.2) is 34.5 Å². The van der Waals surface area contributed by atoms with Crippen molar-refractivity contribution in [1.82, 2.24) is 14.7 Å². The van der Waals surface area contributed by atoms with Crippen LogP contribution in [0.2, 0.25) is 0 Å². The van der Waals surface area contributed by atoms with Gasteiger partial charge in [0.05, 0.1) is 5.92 Å². The number of carbonyl (C=O) groups excluding carboxylic acids is 3. The van der Waals surface area contributed by atoms with Gasteiger partial charge >= 0.3 is 0 Å². The Morgan fingerprint density at radius 1 is 0.276 bits per heavy atom. The second-order valence-corrected chi connectivity index (χ2v) is 36.6. The largest absolute Gasteiger partial charge is 0.469 e. The van der Waals surface area contributed by atoms with Crippen LogP contribution in [-0.2, 0) is 59.0 Å². The van der Waals surface area contributed by atoms with Gasteiger partial charge in [-0.25, -0.2) is 50.5 Å². The molecule has 0 saturated carbocycles. The quantitative estimate of drug-likeness (QED) is 0.320. The SMILES string of the molecule is CN(C)C(=O)c1c2c(c([C](c3c4c(c(C(=O)N(C)C)c5c3S(=O)(=O)C(C)(C)O5)OC(C)(C)S4(=O)=O)c3c4c(c(C(=O)N(C)C)c5c3S(=O)(=O)C(C)(C)O5)OC(C)(C)S4(=O)=O)c3c1OC(C)(C)S3(=O)=O)S(=O)(=O)C(C)(C)O2. The number of ether oxygens (including phenoxy) is 6. The molecule has 415 valence electrons. The first-order valence-corrected chi connectivity index (χ1v) is 31.8. The Kier molecular flexibility index (Phi) is 10.9. The first-order valence-electron chi connectivity index (χ1n) is 22.9. The van der Waals surface area contributed by atoms with Crippen LogP contribution in [0.25, 0.3) is 0 Å². The third-order valence-corrected chi connectivity index (χ3v) is 28.0. The van der Waals surface area contributed by atoms with Gasteiger partial charge in [-0.15, -0.1) is 0 Å². The molecule has 0 atom stereocenters. The van der Waals surface area contributed by atoms with Gasteiger partial charge in [-0.3, -0.25) is 14.4 Å². The Bertz CT molecular complexity index is 3440. The molecular weight excluding hydrogens is 1120 g/mol. The molecule has 3 aromatic rings. The van der Waals surface area contributed by atoms with Crippen molar-refractivity contribution in [3.05, 3.63) is 39.3 Å². The average Bonchev–Trinajstić information content (AvgIpc) is 3.84. The van der Waals surface area contributed by atoms with Crippen molar-refractivity contribution in [3.8, 4) is 34.5 Å². The van der Waals surface area contributed by atoms with Gasteiger partial charge < -0.3 is 43.1 Å². The summed E-state index contributed by atoms with van der Waals surface area (Å²) in [6, 6.07) is 0. The maximum atomic E-state index is 15.7. The van der Waals surface area contributed by atoms with E-state index in [1.54, 1.807) is 0 Å². The van der Waals surface area contributed by atoms with E-state index in [-0.39, 0.29) is 0 Å². The molecule has 0 aliphatic carbocycles. The molecule has 0 saturated heterocycles. The van der Waals surface area contributed by atoms with Gasteiger partial charge in [0.1, 0.15) is 46.1 Å². The highest BCUT2D eigenvalue weighted by Gasteiger charge is 2.67. The predicted octanol–water partition coefficient (Wildman–Crippen LogP) is 3.22. The van der Waals surface area contributed by atoms with Crippen LogP contribution in [0.15, 0.2) is 29.4 Å². The van der Waals surface area contributed by atoms with E-state index in [0.717, 1.165) is 97.8 Å². The van der Waals surface area contributed by atoms with E-state index in [2.05, 4.69) is 0 Å². The van der Waals surface area contributed by atoms with Crippen LogP contribution >= 0.6 is 0 Å². The van der Waals surface area contributed by atoms with E-state index in [4.69, 9.17) is 28.4 Å². The van der Waals surface area contributed by atoms with Gasteiger partial charge in [0.2, 0.25) is 88.6 Å². The van der Waals surface area contributed by atoms with E-state index in [1.165, 1.54) is 42.3 Å². The summed E-state index contributed by atoms with van der Waals surface area (Å²) < 4.78 is 226. The molecule has 0 aromatic heterocycles. The van der Waals surface area contributed by atoms with Crippen LogP contribution in [-0.4, -0.2) is 155 Å². The minimum atomic E-state index is -5.47. The molecule has 76 heavy (non-hydrogen) atoms. The molecule has 6 heterocycles. The zero-order chi connectivity index (χ0) is 57.7. The lowest BCUT2D eigenvalue weighted by Gasteiger charge is -2.29. The Balaban J connectivity index is 1.77. The Morgan fingerprint density at radius 2 is 0.408 bits per heavy atom. The molecule has 6 aliphatic heterocycles. The molecular formula is C46H54N3O21S6. The number of amides is 3. The van der Waals surface area contributed by atoms with Crippen molar-refractivity contribution >= 4 is 76.7 Å². The minimum Gasteiger partial charge on any atom is -0.469 e. The Morgan fingerprint density at radius 3 is 0.526 bits per heavy atom. The van der Waals surface area contributed by atoms with Gasteiger partial charge in [-0.2, -0.15) is 0 Å². The van der Waals surface area contributed by atoms with Crippen LogP contribution in [0.3, 0.4) is 0 Å². The van der Waals surface area contributed by atoms with E-state index in [1.807, 2.05) is 0 Å². The Hall–Kier alpha value is -5.43. The minimum absolute atomic E-state index is 0.852. The van der Waals surface area contributed by atoms with Crippen molar-refractivity contribution in [3.63, 3.8) is 0 Å². The number of benzene rings is 3. The molecule has 24 nitrogen and oxygen atoms in total. The summed E-state index contributed by atoms with van der Waals surface area (Å²) >= 11 is 0. The lowest BCUT2D eigenvalue weighted by molar-refractivity contribution is 0.0802. The number of fused-ring (bicyclic) bond motifs is 6. The fourth-order valence-electron chi connectivity index (χ4n) is 9.69. The van der Waals surface area contributed by atoms with Crippen molar-refractivity contribution in [2.75, 3.05) is 42.3 Å². The summed E-state index contributed by atoms with van der Waals surface area (Å²) in [7, 11) is -25.6. The highest BCUT2D eigenvalue weighted by molar-refractivity contribution is 7.95. The van der Waals surface area contributed by atoms with Crippen LogP contribution in [0.5, 0.6) is 34.5 Å². The number of hydrogen-bond donors (Lipinski definition) is 0. The molecule has 0 fully saturated rings. The molecule has 6 aliphatic rings. The first-order chi connectivity index (χ1) is 34.0. The molecule has 30 heteroatoms. The van der Waals surface area contributed by atoms with E-state index >= 15 is 50.5 Å². The van der Waals surface area contributed by atoms with Crippen LogP contribution in [0.1, 0.15) is 131 Å². The normalized spacial score (nSPS) is 23.6. The van der Waals surface area contributed by atoms with E-state index < -0.39 is 210 Å². The molecule has 1 radical (unpaired) electrons. The number of nitrogens with zero attached hydrogens (tertiary/aromatic N) is 3. The molecule has 3 amide bonds. The molecule has 3 aromatic carbocycles. The fourth-order valence-corrected chi connectivity index (χ4v) is 19.2. The number of hydrogen-bond acceptors (Lipinski definition) is 21. The first kappa shape index (κ1) is 55.3. The molecule has 0 bridgehead atoms. The summed E-state index contributed by atoms with van der Waals surface area (Å²) in [5.41, 5.74) is -6.67. The highest BCUT2D eigenvalue weighted by Crippen LogP contribution is 2.68. The topological polar surface area (TPSA) is 321 Å². The monoisotopic (exact) mass is 1180 g/mol. The fraction of sp³-hybridized carbons (Fsp3) is 0.522. The van der Waals surface area contributed by atoms with Crippen LogP contribution in [0, 0.1) is 5.92 Å². The average molecular weight is 1180 g/mol. The molecule has 9 rings (SSSR count). The smallest absolute Gasteiger partial charge is 0.261 e. The van der Waals surface area contributed by atoms with Gasteiger partial charge in [0.25, 0.3) is 17.7 Å². The van der Waals surface area contributed by atoms with Crippen molar-refractivity contribution < 1.29 is 93.3 Å². The van der Waals surface area contributed by atoms with E-state index in [0.29, 0.717) is 0 Å².